The van der Waals surface area contributed by atoms with Crippen LogP contribution >= 0.6 is 0 Å². The van der Waals surface area contributed by atoms with Gasteiger partial charge in [-0.1, -0.05) is 26.8 Å². The number of aryl methyl sites for hydroxylation is 1. The Kier molecular flexibility index (Phi) is 7.10. The van der Waals surface area contributed by atoms with Crippen molar-refractivity contribution in [1.82, 2.24) is 15.0 Å². The molecule has 0 radical (unpaired) electrons. The first-order chi connectivity index (χ1) is 18.6. The maximum absolute atomic E-state index is 16.4. The van der Waals surface area contributed by atoms with E-state index < -0.39 is 42.6 Å². The Morgan fingerprint density at radius 3 is 2.49 bits per heavy atom. The molecule has 206 valence electrons. The number of aliphatic hydroxyl groups is 4. The summed E-state index contributed by atoms with van der Waals surface area (Å²) in [5.41, 5.74) is 0.310. The third-order valence-corrected chi connectivity index (χ3v) is 7.34. The molecule has 9 nitrogen and oxygen atoms in total. The minimum atomic E-state index is -1.50. The average Bonchev–Trinajstić information content (AvgIpc) is 2.91. The average molecular weight is 541 g/mol. The van der Waals surface area contributed by atoms with Crippen LogP contribution in [0.25, 0.3) is 32.9 Å². The van der Waals surface area contributed by atoms with Crippen molar-refractivity contribution in [1.29, 1.82) is 0 Å². The van der Waals surface area contributed by atoms with Gasteiger partial charge in [0.1, 0.15) is 46.6 Å². The molecule has 5 N–H and O–H groups in total. The van der Waals surface area contributed by atoms with Crippen molar-refractivity contribution in [2.75, 3.05) is 18.1 Å². The number of piperidine rings is 1. The Labute approximate surface area is 223 Å². The molecule has 0 saturated carbocycles. The summed E-state index contributed by atoms with van der Waals surface area (Å²) in [4.78, 5) is 14.8. The molecule has 0 amide bonds. The van der Waals surface area contributed by atoms with Crippen LogP contribution in [0.1, 0.15) is 38.1 Å². The van der Waals surface area contributed by atoms with Crippen molar-refractivity contribution in [3.63, 3.8) is 0 Å². The molecule has 2 aromatic heterocycles. The van der Waals surface area contributed by atoms with E-state index in [1.165, 1.54) is 35.4 Å². The SMILES string of the molecule is CCc1c(F)ccc2cc(O)cc(-c3ncc4c(N5C[C@H](O)[C@@H](O)[C@H](O)[C@H]5CO)nc(C(C)C)nc4c3F)c12. The van der Waals surface area contributed by atoms with Gasteiger partial charge in [-0.2, -0.15) is 0 Å². The first-order valence-corrected chi connectivity index (χ1v) is 12.8. The van der Waals surface area contributed by atoms with Crippen LogP contribution in [-0.4, -0.2) is 78.0 Å². The van der Waals surface area contributed by atoms with E-state index in [-0.39, 0.29) is 52.0 Å². The fourth-order valence-corrected chi connectivity index (χ4v) is 5.29. The van der Waals surface area contributed by atoms with E-state index in [1.807, 2.05) is 13.8 Å². The lowest BCUT2D eigenvalue weighted by Crippen LogP contribution is -2.63. The number of β-amino-alcohol motifs (C(OH)–C–C–N with tert-alkyl or cyclic N) is 1. The lowest BCUT2D eigenvalue weighted by Gasteiger charge is -2.44. The zero-order valence-electron chi connectivity index (χ0n) is 21.7. The van der Waals surface area contributed by atoms with Gasteiger partial charge in [0.25, 0.3) is 0 Å². The highest BCUT2D eigenvalue weighted by atomic mass is 19.1. The normalized spacial score (nSPS) is 21.8. The Bertz CT molecular complexity index is 1570. The van der Waals surface area contributed by atoms with E-state index >= 15 is 4.39 Å². The summed E-state index contributed by atoms with van der Waals surface area (Å²) in [5.74, 6) is -1.27. The van der Waals surface area contributed by atoms with Gasteiger partial charge >= 0.3 is 0 Å². The largest absolute Gasteiger partial charge is 0.508 e. The van der Waals surface area contributed by atoms with Crippen LogP contribution in [0.4, 0.5) is 14.6 Å². The third kappa shape index (κ3) is 4.45. The number of hydrogen-bond donors (Lipinski definition) is 5. The van der Waals surface area contributed by atoms with E-state index in [4.69, 9.17) is 0 Å². The molecule has 1 aliphatic heterocycles. The van der Waals surface area contributed by atoms with Crippen LogP contribution in [0.5, 0.6) is 5.75 Å². The minimum absolute atomic E-state index is 0.105. The highest BCUT2D eigenvalue weighted by Gasteiger charge is 2.42. The van der Waals surface area contributed by atoms with Gasteiger partial charge in [0.05, 0.1) is 24.1 Å². The number of pyridine rings is 1. The molecule has 4 aromatic rings. The predicted octanol–water partition coefficient (Wildman–Crippen LogP) is 2.78. The van der Waals surface area contributed by atoms with Crippen molar-refractivity contribution in [3.05, 3.63) is 53.5 Å². The number of benzene rings is 2. The van der Waals surface area contributed by atoms with Crippen molar-refractivity contribution >= 4 is 27.5 Å². The third-order valence-electron chi connectivity index (χ3n) is 7.34. The Balaban J connectivity index is 1.80. The van der Waals surface area contributed by atoms with Crippen LogP contribution in [0.2, 0.25) is 0 Å². The second-order valence-electron chi connectivity index (χ2n) is 10.2. The molecule has 1 saturated heterocycles. The number of phenols is 1. The molecular weight excluding hydrogens is 510 g/mol. The van der Waals surface area contributed by atoms with Gasteiger partial charge in [0, 0.05) is 24.2 Å². The monoisotopic (exact) mass is 540 g/mol. The summed E-state index contributed by atoms with van der Waals surface area (Å²) >= 11 is 0. The standard InChI is InChI=1S/C28H30F2N4O5/c1-4-15-18(29)6-5-13-7-14(36)8-16(21(13)15)23-22(30)24-17(9-31-23)28(33-27(32-24)12(2)3)34-10-20(37)26(39)25(38)19(34)11-35/h5-9,12,19-20,25-26,35-39H,4,10-11H2,1-3H3/t19-,20+,25-,26-/m1/s1. The van der Waals surface area contributed by atoms with E-state index in [0.717, 1.165) is 0 Å². The fraction of sp³-hybridized carbons (Fsp3) is 0.393. The molecule has 5 rings (SSSR count). The number of aliphatic hydroxyl groups excluding tert-OH is 4. The summed E-state index contributed by atoms with van der Waals surface area (Å²) in [7, 11) is 0. The molecule has 0 unspecified atom stereocenters. The predicted molar refractivity (Wildman–Crippen MR) is 142 cm³/mol. The number of hydrogen-bond acceptors (Lipinski definition) is 9. The highest BCUT2D eigenvalue weighted by molar-refractivity contribution is 6.01. The van der Waals surface area contributed by atoms with Gasteiger partial charge in [-0.05, 0) is 41.0 Å². The molecule has 39 heavy (non-hydrogen) atoms. The Morgan fingerprint density at radius 2 is 1.82 bits per heavy atom. The Morgan fingerprint density at radius 1 is 1.08 bits per heavy atom. The lowest BCUT2D eigenvalue weighted by molar-refractivity contribution is -0.0903. The summed E-state index contributed by atoms with van der Waals surface area (Å²) < 4.78 is 31.2. The highest BCUT2D eigenvalue weighted by Crippen LogP contribution is 2.39. The van der Waals surface area contributed by atoms with Gasteiger partial charge in [-0.3, -0.25) is 4.98 Å². The van der Waals surface area contributed by atoms with Crippen LogP contribution in [-0.2, 0) is 6.42 Å². The van der Waals surface area contributed by atoms with Crippen LogP contribution in [0, 0.1) is 11.6 Å². The summed E-state index contributed by atoms with van der Waals surface area (Å²) in [6.07, 6.45) is -2.66. The summed E-state index contributed by atoms with van der Waals surface area (Å²) in [6.45, 7) is 4.66. The van der Waals surface area contributed by atoms with Crippen molar-refractivity contribution in [2.45, 2.75) is 57.5 Å². The summed E-state index contributed by atoms with van der Waals surface area (Å²) in [5, 5.41) is 52.6. The number of aromatic nitrogens is 3. The number of nitrogens with zero attached hydrogens (tertiary/aromatic N) is 4. The zero-order chi connectivity index (χ0) is 28.2. The topological polar surface area (TPSA) is 143 Å². The van der Waals surface area contributed by atoms with E-state index in [9.17, 15) is 29.9 Å². The maximum Gasteiger partial charge on any atom is 0.175 e. The van der Waals surface area contributed by atoms with Crippen LogP contribution in [0.15, 0.2) is 30.5 Å². The number of aromatic hydroxyl groups is 1. The van der Waals surface area contributed by atoms with E-state index in [2.05, 4.69) is 15.0 Å². The number of rotatable bonds is 5. The number of halogens is 2. The minimum Gasteiger partial charge on any atom is -0.508 e. The van der Waals surface area contributed by atoms with E-state index in [1.54, 1.807) is 6.92 Å². The molecular formula is C28H30F2N4O5. The zero-order valence-corrected chi connectivity index (χ0v) is 21.7. The van der Waals surface area contributed by atoms with Gasteiger partial charge in [0.2, 0.25) is 0 Å². The molecule has 0 aliphatic carbocycles. The lowest BCUT2D eigenvalue weighted by atomic mass is 9.93. The number of phenolic OH excluding ortho intramolecular Hbond substituents is 1. The molecule has 0 spiro atoms. The smallest absolute Gasteiger partial charge is 0.175 e. The molecule has 3 heterocycles. The molecule has 4 atom stereocenters. The fourth-order valence-electron chi connectivity index (χ4n) is 5.29. The Hall–Kier alpha value is -3.51. The van der Waals surface area contributed by atoms with Gasteiger partial charge in [-0.25, -0.2) is 18.7 Å². The molecule has 0 bridgehead atoms. The summed E-state index contributed by atoms with van der Waals surface area (Å²) in [6, 6.07) is 4.60. The van der Waals surface area contributed by atoms with Crippen LogP contribution < -0.4 is 4.90 Å². The van der Waals surface area contributed by atoms with Crippen LogP contribution in [0.3, 0.4) is 0 Å². The van der Waals surface area contributed by atoms with Crippen molar-refractivity contribution < 1.29 is 34.3 Å². The number of anilines is 1. The maximum atomic E-state index is 16.4. The second-order valence-corrected chi connectivity index (χ2v) is 10.2. The molecule has 1 aliphatic rings. The molecule has 1 fully saturated rings. The van der Waals surface area contributed by atoms with Crippen molar-refractivity contribution in [2.24, 2.45) is 0 Å². The van der Waals surface area contributed by atoms with Gasteiger partial charge in [-0.15, -0.1) is 0 Å². The second kappa shape index (κ2) is 10.2. The molecule has 11 heteroatoms. The van der Waals surface area contributed by atoms with Crippen molar-refractivity contribution in [3.8, 4) is 17.0 Å². The number of fused-ring (bicyclic) bond motifs is 2. The van der Waals surface area contributed by atoms with Gasteiger partial charge < -0.3 is 30.4 Å². The van der Waals surface area contributed by atoms with E-state index in [0.29, 0.717) is 22.8 Å². The molecule has 2 aromatic carbocycles. The first kappa shape index (κ1) is 27.1. The van der Waals surface area contributed by atoms with Gasteiger partial charge in [0.15, 0.2) is 5.82 Å². The quantitative estimate of drug-likeness (QED) is 0.258. The first-order valence-electron chi connectivity index (χ1n) is 12.8.